The molecule has 0 radical (unpaired) electrons. The lowest BCUT2D eigenvalue weighted by atomic mass is 10.2. The first kappa shape index (κ1) is 23.2. The molecule has 0 atom stereocenters. The maximum absolute atomic E-state index is 12.6. The summed E-state index contributed by atoms with van der Waals surface area (Å²) in [4.78, 5) is 12.4. The molecule has 30 heavy (non-hydrogen) atoms. The molecule has 0 aliphatic rings. The van der Waals surface area contributed by atoms with Crippen LogP contribution in [0.5, 0.6) is 5.88 Å². The molecule has 2 aromatic rings. The second-order valence-electron chi connectivity index (χ2n) is 5.65. The van der Waals surface area contributed by atoms with Gasteiger partial charge in [-0.1, -0.05) is 6.07 Å². The van der Waals surface area contributed by atoms with E-state index in [1.54, 1.807) is 0 Å². The molecule has 0 unspecified atom stereocenters. The van der Waals surface area contributed by atoms with E-state index >= 15 is 0 Å². The van der Waals surface area contributed by atoms with Crippen LogP contribution in [0.1, 0.15) is 5.56 Å². The number of nitro groups is 1. The van der Waals surface area contributed by atoms with Crippen LogP contribution >= 0.6 is 0 Å². The third-order valence-electron chi connectivity index (χ3n) is 3.45. The van der Waals surface area contributed by atoms with E-state index in [-0.39, 0.29) is 24.2 Å². The zero-order valence-electron chi connectivity index (χ0n) is 14.5. The van der Waals surface area contributed by atoms with Crippen molar-refractivity contribution in [3.05, 3.63) is 52.2 Å². The Morgan fingerprint density at radius 1 is 1.10 bits per heavy atom. The molecule has 1 aromatic heterocycles. The first-order valence-electron chi connectivity index (χ1n) is 7.69. The van der Waals surface area contributed by atoms with E-state index in [1.165, 1.54) is 6.07 Å². The Balaban J connectivity index is 2.16. The fourth-order valence-corrected chi connectivity index (χ4v) is 2.85. The Hall–Kier alpha value is -3.10. The molecule has 0 aliphatic heterocycles. The highest BCUT2D eigenvalue weighted by atomic mass is 32.2. The molecular formula is C15H11F6N3O5S. The van der Waals surface area contributed by atoms with Gasteiger partial charge in [0.05, 0.1) is 9.82 Å². The summed E-state index contributed by atoms with van der Waals surface area (Å²) in [5.74, 6) is -0.316. The summed E-state index contributed by atoms with van der Waals surface area (Å²) in [5, 5.41) is 13.7. The highest BCUT2D eigenvalue weighted by molar-refractivity contribution is 7.92. The number of hydrogen-bond acceptors (Lipinski definition) is 7. The van der Waals surface area contributed by atoms with Crippen molar-refractivity contribution < 1.29 is 44.4 Å². The number of nitro benzene ring substituents is 1. The third-order valence-corrected chi connectivity index (χ3v) is 4.93. The summed E-state index contributed by atoms with van der Waals surface area (Å²) < 4.78 is 101. The quantitative estimate of drug-likeness (QED) is 0.381. The maximum atomic E-state index is 12.6. The summed E-state index contributed by atoms with van der Waals surface area (Å²) in [6.45, 7) is -1.70. The van der Waals surface area contributed by atoms with Crippen LogP contribution in [0, 0.1) is 10.1 Å². The molecule has 0 amide bonds. The Kier molecular flexibility index (Phi) is 6.44. The Morgan fingerprint density at radius 3 is 2.27 bits per heavy atom. The van der Waals surface area contributed by atoms with Gasteiger partial charge in [-0.3, -0.25) is 10.1 Å². The van der Waals surface area contributed by atoms with E-state index in [9.17, 15) is 44.9 Å². The van der Waals surface area contributed by atoms with Gasteiger partial charge in [-0.15, -0.1) is 0 Å². The average molecular weight is 459 g/mol. The predicted molar refractivity (Wildman–Crippen MR) is 89.5 cm³/mol. The van der Waals surface area contributed by atoms with Crippen molar-refractivity contribution in [2.75, 3.05) is 11.9 Å². The van der Waals surface area contributed by atoms with Gasteiger partial charge in [0.15, 0.2) is 6.61 Å². The Morgan fingerprint density at radius 2 is 1.77 bits per heavy atom. The topological polar surface area (TPSA) is 111 Å². The number of pyridine rings is 1. The lowest BCUT2D eigenvalue weighted by Gasteiger charge is -2.11. The van der Waals surface area contributed by atoms with Crippen LogP contribution < -0.4 is 10.1 Å². The molecule has 164 valence electrons. The molecule has 8 nitrogen and oxygen atoms in total. The standard InChI is InChI=1S/C15H11F6N3O5S/c16-14(17,18)8-29-13-4-1-9(7-23-13)6-22-11-3-2-10(5-12(11)24(25)26)30(27,28)15(19,20)21/h1-5,7,22H,6,8H2. The highest BCUT2D eigenvalue weighted by Gasteiger charge is 2.47. The number of nitrogens with one attached hydrogen (secondary N) is 1. The lowest BCUT2D eigenvalue weighted by Crippen LogP contribution is -2.23. The van der Waals surface area contributed by atoms with Crippen LogP contribution in [0.2, 0.25) is 0 Å². The second kappa shape index (κ2) is 8.33. The Bertz CT molecular complexity index is 1020. The monoisotopic (exact) mass is 459 g/mol. The first-order valence-corrected chi connectivity index (χ1v) is 9.17. The molecule has 2 rings (SSSR count). The van der Waals surface area contributed by atoms with Crippen LogP contribution in [-0.4, -0.2) is 36.6 Å². The van der Waals surface area contributed by atoms with Gasteiger partial charge in [0.2, 0.25) is 5.88 Å². The molecule has 0 fully saturated rings. The molecule has 15 heteroatoms. The molecule has 0 saturated heterocycles. The number of rotatable bonds is 7. The van der Waals surface area contributed by atoms with Crippen LogP contribution in [-0.2, 0) is 16.4 Å². The van der Waals surface area contributed by atoms with Gasteiger partial charge in [-0.05, 0) is 17.7 Å². The molecule has 0 spiro atoms. The number of aromatic nitrogens is 1. The first-order chi connectivity index (χ1) is 13.7. The normalized spacial score (nSPS) is 12.5. The van der Waals surface area contributed by atoms with E-state index in [2.05, 4.69) is 15.0 Å². The minimum Gasteiger partial charge on any atom is -0.468 e. The number of nitrogens with zero attached hydrogens (tertiary/aromatic N) is 2. The predicted octanol–water partition coefficient (Wildman–Crippen LogP) is 3.84. The van der Waals surface area contributed by atoms with Crippen LogP contribution in [0.3, 0.4) is 0 Å². The van der Waals surface area contributed by atoms with Crippen LogP contribution in [0.15, 0.2) is 41.4 Å². The largest absolute Gasteiger partial charge is 0.501 e. The molecular weight excluding hydrogens is 448 g/mol. The summed E-state index contributed by atoms with van der Waals surface area (Å²) in [6, 6.07) is 4.06. The van der Waals surface area contributed by atoms with E-state index in [4.69, 9.17) is 0 Å². The van der Waals surface area contributed by atoms with Gasteiger partial charge in [-0.2, -0.15) is 26.3 Å². The molecule has 1 aromatic carbocycles. The van der Waals surface area contributed by atoms with Crippen molar-refractivity contribution >= 4 is 21.2 Å². The van der Waals surface area contributed by atoms with Crippen molar-refractivity contribution in [2.24, 2.45) is 0 Å². The van der Waals surface area contributed by atoms with Gasteiger partial charge in [0.25, 0.3) is 15.5 Å². The molecule has 0 aliphatic carbocycles. The third kappa shape index (κ3) is 5.71. The molecule has 0 bridgehead atoms. The second-order valence-corrected chi connectivity index (χ2v) is 7.59. The summed E-state index contributed by atoms with van der Waals surface area (Å²) in [7, 11) is -5.77. The van der Waals surface area contributed by atoms with Crippen molar-refractivity contribution in [3.8, 4) is 5.88 Å². The molecule has 0 saturated carbocycles. The van der Waals surface area contributed by atoms with Gasteiger partial charge in [0.1, 0.15) is 5.69 Å². The van der Waals surface area contributed by atoms with Gasteiger partial charge in [-0.25, -0.2) is 13.4 Å². The van der Waals surface area contributed by atoms with Crippen LogP contribution in [0.25, 0.3) is 0 Å². The fraction of sp³-hybridized carbons (Fsp3) is 0.267. The van der Waals surface area contributed by atoms with Gasteiger partial charge in [0, 0.05) is 24.9 Å². The summed E-state index contributed by atoms with van der Waals surface area (Å²) in [5.41, 5.74) is -6.48. The minimum absolute atomic E-state index is 0.154. The van der Waals surface area contributed by atoms with Crippen LogP contribution in [0.4, 0.5) is 37.7 Å². The number of alkyl halides is 6. The zero-order chi connectivity index (χ0) is 22.7. The number of sulfone groups is 1. The van der Waals surface area contributed by atoms with Gasteiger partial charge >= 0.3 is 11.7 Å². The van der Waals surface area contributed by atoms with Crippen molar-refractivity contribution in [1.82, 2.24) is 4.98 Å². The van der Waals surface area contributed by atoms with Gasteiger partial charge < -0.3 is 10.1 Å². The van der Waals surface area contributed by atoms with E-state index in [0.29, 0.717) is 11.6 Å². The number of anilines is 1. The lowest BCUT2D eigenvalue weighted by molar-refractivity contribution is -0.384. The van der Waals surface area contributed by atoms with E-state index < -0.39 is 43.6 Å². The molecule has 1 N–H and O–H groups in total. The number of halogens is 6. The SMILES string of the molecule is O=[N+]([O-])c1cc(S(=O)(=O)C(F)(F)F)ccc1NCc1ccc(OCC(F)(F)F)nc1. The average Bonchev–Trinajstić information content (AvgIpc) is 2.63. The summed E-state index contributed by atoms with van der Waals surface area (Å²) >= 11 is 0. The van der Waals surface area contributed by atoms with Crippen molar-refractivity contribution in [3.63, 3.8) is 0 Å². The van der Waals surface area contributed by atoms with E-state index in [0.717, 1.165) is 18.3 Å². The number of ether oxygens (including phenoxy) is 1. The van der Waals surface area contributed by atoms with Crippen molar-refractivity contribution in [1.29, 1.82) is 0 Å². The summed E-state index contributed by atoms with van der Waals surface area (Å²) in [6.07, 6.45) is -3.43. The maximum Gasteiger partial charge on any atom is 0.501 e. The fourth-order valence-electron chi connectivity index (χ4n) is 2.07. The Labute approximate surface area is 164 Å². The number of benzene rings is 1. The van der Waals surface area contributed by atoms with Crippen molar-refractivity contribution in [2.45, 2.75) is 23.1 Å². The minimum atomic E-state index is -5.77. The van der Waals surface area contributed by atoms with E-state index in [1.807, 2.05) is 0 Å². The smallest absolute Gasteiger partial charge is 0.468 e. The molecule has 1 heterocycles. The zero-order valence-corrected chi connectivity index (χ0v) is 15.3. The highest BCUT2D eigenvalue weighted by Crippen LogP contribution is 2.34. The number of hydrogen-bond donors (Lipinski definition) is 1.